The van der Waals surface area contributed by atoms with Gasteiger partial charge in [0.15, 0.2) is 0 Å². The summed E-state index contributed by atoms with van der Waals surface area (Å²) in [5.41, 5.74) is -0.274. The molecule has 8 heteroatoms. The Labute approximate surface area is 96.6 Å². The van der Waals surface area contributed by atoms with Gasteiger partial charge in [-0.05, 0) is 0 Å². The lowest BCUT2D eigenvalue weighted by atomic mass is 10.4. The molecule has 0 radical (unpaired) electrons. The highest BCUT2D eigenvalue weighted by Gasteiger charge is 2.24. The molecule has 0 saturated carbocycles. The van der Waals surface area contributed by atoms with Crippen LogP contribution in [-0.2, 0) is 11.8 Å². The van der Waals surface area contributed by atoms with Crippen LogP contribution in [0, 0.1) is 22.5 Å². The lowest BCUT2D eigenvalue weighted by Gasteiger charge is -2.15. The molecule has 0 unspecified atom stereocenters. The summed E-state index contributed by atoms with van der Waals surface area (Å²) < 4.78 is 1.23. The minimum Gasteiger partial charge on any atom is -0.480 e. The molecule has 0 saturated heterocycles. The molecule has 0 spiro atoms. The Morgan fingerprint density at radius 2 is 2.47 bits per heavy atom. The van der Waals surface area contributed by atoms with E-state index in [2.05, 4.69) is 11.0 Å². The van der Waals surface area contributed by atoms with Crippen molar-refractivity contribution >= 4 is 17.5 Å². The van der Waals surface area contributed by atoms with Crippen LogP contribution in [0.3, 0.4) is 0 Å². The molecule has 0 amide bonds. The van der Waals surface area contributed by atoms with Crippen molar-refractivity contribution in [2.45, 2.75) is 0 Å². The first-order valence-electron chi connectivity index (χ1n) is 4.54. The Balaban J connectivity index is 3.13. The zero-order chi connectivity index (χ0) is 13.0. The van der Waals surface area contributed by atoms with E-state index >= 15 is 0 Å². The van der Waals surface area contributed by atoms with Crippen LogP contribution < -0.4 is 4.90 Å². The van der Waals surface area contributed by atoms with Gasteiger partial charge in [0.2, 0.25) is 5.82 Å². The van der Waals surface area contributed by atoms with Crippen LogP contribution in [-0.4, -0.2) is 38.9 Å². The van der Waals surface area contributed by atoms with Crippen molar-refractivity contribution < 1.29 is 14.8 Å². The fourth-order valence-electron chi connectivity index (χ4n) is 1.30. The zero-order valence-electron chi connectivity index (χ0n) is 9.03. The number of aromatic nitrogens is 2. The number of nitro groups is 1. The first-order valence-corrected chi connectivity index (χ1v) is 4.54. The fourth-order valence-corrected chi connectivity index (χ4v) is 1.30. The molecule has 0 aromatic carbocycles. The van der Waals surface area contributed by atoms with Gasteiger partial charge in [-0.3, -0.25) is 19.6 Å². The molecule has 1 aromatic heterocycles. The fraction of sp³-hybridized carbons (Fsp3) is 0.333. The molecule has 1 N–H and O–H groups in total. The van der Waals surface area contributed by atoms with Crippen molar-refractivity contribution in [2.75, 3.05) is 18.0 Å². The number of carbonyl (C=O) groups is 1. The topological polar surface area (TPSA) is 102 Å². The first kappa shape index (κ1) is 12.5. The number of hydrogen-bond donors (Lipinski definition) is 1. The van der Waals surface area contributed by atoms with Gasteiger partial charge in [-0.1, -0.05) is 5.92 Å². The highest BCUT2D eigenvalue weighted by Crippen LogP contribution is 2.25. The third kappa shape index (κ3) is 2.94. The van der Waals surface area contributed by atoms with Crippen LogP contribution in [0.15, 0.2) is 6.20 Å². The third-order valence-electron chi connectivity index (χ3n) is 1.90. The molecule has 1 rings (SSSR count). The van der Waals surface area contributed by atoms with Crippen LogP contribution in [0.25, 0.3) is 0 Å². The van der Waals surface area contributed by atoms with Gasteiger partial charge in [0.05, 0.1) is 11.5 Å². The zero-order valence-corrected chi connectivity index (χ0v) is 9.03. The standard InChI is InChI=1S/C9H10N4O4/c1-3-4-12(6-8(14)15)9-7(13(16)17)5-11(2)10-9/h1,5H,4,6H2,2H3,(H,14,15). The number of anilines is 1. The minimum absolute atomic E-state index is 0.0437. The summed E-state index contributed by atoms with van der Waals surface area (Å²) >= 11 is 0. The molecule has 0 bridgehead atoms. The van der Waals surface area contributed by atoms with Crippen LogP contribution in [0.2, 0.25) is 0 Å². The Morgan fingerprint density at radius 1 is 1.82 bits per heavy atom. The maximum absolute atomic E-state index is 10.8. The number of hydrogen-bond acceptors (Lipinski definition) is 5. The van der Waals surface area contributed by atoms with Gasteiger partial charge in [-0.15, -0.1) is 11.5 Å². The number of aliphatic carboxylic acids is 1. The van der Waals surface area contributed by atoms with Crippen molar-refractivity contribution in [3.8, 4) is 12.3 Å². The van der Waals surface area contributed by atoms with E-state index in [1.165, 1.54) is 17.9 Å². The van der Waals surface area contributed by atoms with Crippen molar-refractivity contribution in [3.63, 3.8) is 0 Å². The molecule has 0 atom stereocenters. The van der Waals surface area contributed by atoms with Gasteiger partial charge in [0.1, 0.15) is 12.7 Å². The molecule has 0 aliphatic carbocycles. The summed E-state index contributed by atoms with van der Waals surface area (Å²) in [7, 11) is 1.51. The average molecular weight is 238 g/mol. The number of terminal acetylenes is 1. The van der Waals surface area contributed by atoms with Gasteiger partial charge in [0, 0.05) is 7.05 Å². The maximum Gasteiger partial charge on any atom is 0.331 e. The monoisotopic (exact) mass is 238 g/mol. The second kappa shape index (κ2) is 4.98. The average Bonchev–Trinajstić information content (AvgIpc) is 2.59. The van der Waals surface area contributed by atoms with Crippen LogP contribution in [0.1, 0.15) is 0 Å². The number of carboxylic acid groups (broad SMARTS) is 1. The molecule has 0 aliphatic rings. The molecule has 0 fully saturated rings. The van der Waals surface area contributed by atoms with Crippen LogP contribution in [0.5, 0.6) is 0 Å². The molecule has 0 aliphatic heterocycles. The Morgan fingerprint density at radius 3 is 2.94 bits per heavy atom. The van der Waals surface area contributed by atoms with Crippen molar-refractivity contribution in [3.05, 3.63) is 16.3 Å². The Kier molecular flexibility index (Phi) is 3.66. The molecule has 90 valence electrons. The Bertz CT molecular complexity index is 488. The van der Waals surface area contributed by atoms with E-state index < -0.39 is 17.4 Å². The van der Waals surface area contributed by atoms with Crippen molar-refractivity contribution in [1.82, 2.24) is 9.78 Å². The van der Waals surface area contributed by atoms with Gasteiger partial charge in [-0.2, -0.15) is 0 Å². The summed E-state index contributed by atoms with van der Waals surface area (Å²) in [4.78, 5) is 21.9. The number of aryl methyl sites for hydroxylation is 1. The van der Waals surface area contributed by atoms with Gasteiger partial charge in [-0.25, -0.2) is 0 Å². The second-order valence-corrected chi connectivity index (χ2v) is 3.22. The smallest absolute Gasteiger partial charge is 0.331 e. The number of carboxylic acids is 1. The highest BCUT2D eigenvalue weighted by atomic mass is 16.6. The molecule has 1 heterocycles. The highest BCUT2D eigenvalue weighted by molar-refractivity contribution is 5.75. The summed E-state index contributed by atoms with van der Waals surface area (Å²) in [6, 6.07) is 0. The van der Waals surface area contributed by atoms with E-state index in [4.69, 9.17) is 11.5 Å². The van der Waals surface area contributed by atoms with Gasteiger partial charge < -0.3 is 10.0 Å². The summed E-state index contributed by atoms with van der Waals surface area (Å²) in [6.45, 7) is -0.508. The van der Waals surface area contributed by atoms with E-state index in [9.17, 15) is 14.9 Å². The van der Waals surface area contributed by atoms with Crippen LogP contribution >= 0.6 is 0 Å². The molecular weight excluding hydrogens is 228 g/mol. The predicted octanol–water partition coefficient (Wildman–Crippen LogP) is -0.148. The van der Waals surface area contributed by atoms with E-state index in [1.807, 2.05) is 0 Å². The van der Waals surface area contributed by atoms with Crippen LogP contribution in [0.4, 0.5) is 11.5 Å². The first-order chi connectivity index (χ1) is 7.95. The normalized spacial score (nSPS) is 9.65. The van der Waals surface area contributed by atoms with Crippen molar-refractivity contribution in [2.24, 2.45) is 7.05 Å². The van der Waals surface area contributed by atoms with E-state index in [-0.39, 0.29) is 18.1 Å². The predicted molar refractivity (Wildman–Crippen MR) is 58.5 cm³/mol. The van der Waals surface area contributed by atoms with Crippen molar-refractivity contribution in [1.29, 1.82) is 0 Å². The quantitative estimate of drug-likeness (QED) is 0.435. The SMILES string of the molecule is C#CCN(CC(=O)O)c1nn(C)cc1[N+](=O)[O-]. The lowest BCUT2D eigenvalue weighted by Crippen LogP contribution is -2.30. The second-order valence-electron chi connectivity index (χ2n) is 3.22. The van der Waals surface area contributed by atoms with E-state index in [1.54, 1.807) is 0 Å². The lowest BCUT2D eigenvalue weighted by molar-refractivity contribution is -0.384. The number of rotatable bonds is 5. The molecular formula is C9H10N4O4. The summed E-state index contributed by atoms with van der Waals surface area (Å²) in [5, 5.41) is 23.3. The van der Waals surface area contributed by atoms with Gasteiger partial charge in [0.25, 0.3) is 0 Å². The van der Waals surface area contributed by atoms with Gasteiger partial charge >= 0.3 is 11.7 Å². The minimum atomic E-state index is -1.14. The molecule has 1 aromatic rings. The molecule has 17 heavy (non-hydrogen) atoms. The Hall–Kier alpha value is -2.56. The largest absolute Gasteiger partial charge is 0.480 e. The number of nitrogens with zero attached hydrogens (tertiary/aromatic N) is 4. The van der Waals surface area contributed by atoms with E-state index in [0.717, 1.165) is 4.90 Å². The molecule has 8 nitrogen and oxygen atoms in total. The third-order valence-corrected chi connectivity index (χ3v) is 1.90. The summed E-state index contributed by atoms with van der Waals surface area (Å²) in [6.07, 6.45) is 6.28. The van der Waals surface area contributed by atoms with E-state index in [0.29, 0.717) is 0 Å². The summed E-state index contributed by atoms with van der Waals surface area (Å²) in [5.74, 6) is 1.06. The maximum atomic E-state index is 10.8.